The number of hydrogen-bond donors (Lipinski definition) is 1. The minimum absolute atomic E-state index is 0.153. The first-order chi connectivity index (χ1) is 12.5. The third-order valence-electron chi connectivity index (χ3n) is 4.18. The number of thiophene rings is 1. The maximum Gasteiger partial charge on any atom is 0.352 e. The largest absolute Gasteiger partial charge is 0.352 e. The topological polar surface area (TPSA) is 81.3 Å². The summed E-state index contributed by atoms with van der Waals surface area (Å²) in [7, 11) is 0. The molecular formula is C18H17N5O2S. The van der Waals surface area contributed by atoms with Crippen LogP contribution in [0.15, 0.2) is 46.8 Å². The highest BCUT2D eigenvalue weighted by atomic mass is 32.1. The van der Waals surface area contributed by atoms with Crippen molar-refractivity contribution < 1.29 is 4.79 Å². The number of rotatable bonds is 4. The Morgan fingerprint density at radius 3 is 2.73 bits per heavy atom. The monoisotopic (exact) mass is 367 g/mol. The number of hydrogen-bond acceptors (Lipinski definition) is 5. The minimum Gasteiger partial charge on any atom is -0.324 e. The molecule has 26 heavy (non-hydrogen) atoms. The standard InChI is InChI=1S/C18H17N5O2S/c1-11(2)12-3-5-13(6-4-12)20-15(24)9-23-18(25)22-10-19-14-7-8-26-16(14)17(22)21-23/h3-8,10-11H,9H2,1-2H3,(H,20,24). The summed E-state index contributed by atoms with van der Waals surface area (Å²) in [6.07, 6.45) is 1.44. The number of nitrogens with one attached hydrogen (secondary N) is 1. The van der Waals surface area contributed by atoms with Gasteiger partial charge < -0.3 is 5.32 Å². The van der Waals surface area contributed by atoms with E-state index in [2.05, 4.69) is 29.2 Å². The molecule has 7 nitrogen and oxygen atoms in total. The zero-order valence-electron chi connectivity index (χ0n) is 14.3. The fourth-order valence-electron chi connectivity index (χ4n) is 2.76. The number of amides is 1. The molecule has 0 unspecified atom stereocenters. The number of benzene rings is 1. The molecule has 0 saturated carbocycles. The van der Waals surface area contributed by atoms with E-state index in [0.717, 1.165) is 14.9 Å². The molecule has 0 bridgehead atoms. The molecule has 132 valence electrons. The maximum atomic E-state index is 12.4. The van der Waals surface area contributed by atoms with Crippen LogP contribution in [0.3, 0.4) is 0 Å². The van der Waals surface area contributed by atoms with Crippen LogP contribution >= 0.6 is 11.3 Å². The second kappa shape index (κ2) is 6.38. The van der Waals surface area contributed by atoms with Gasteiger partial charge in [-0.05, 0) is 35.1 Å². The van der Waals surface area contributed by atoms with Crippen molar-refractivity contribution in [3.63, 3.8) is 0 Å². The smallest absolute Gasteiger partial charge is 0.324 e. The van der Waals surface area contributed by atoms with Gasteiger partial charge in [0.05, 0.1) is 10.2 Å². The molecule has 0 atom stereocenters. The van der Waals surface area contributed by atoms with Crippen LogP contribution in [0, 0.1) is 0 Å². The van der Waals surface area contributed by atoms with Gasteiger partial charge in [0.1, 0.15) is 12.9 Å². The number of carbonyl (C=O) groups excluding carboxylic acids is 1. The Morgan fingerprint density at radius 2 is 2.00 bits per heavy atom. The van der Waals surface area contributed by atoms with Gasteiger partial charge in [-0.2, -0.15) is 0 Å². The molecule has 0 spiro atoms. The van der Waals surface area contributed by atoms with E-state index < -0.39 is 0 Å². The van der Waals surface area contributed by atoms with E-state index in [4.69, 9.17) is 0 Å². The molecule has 0 radical (unpaired) electrons. The highest BCUT2D eigenvalue weighted by Gasteiger charge is 2.14. The first-order valence-electron chi connectivity index (χ1n) is 8.24. The summed E-state index contributed by atoms with van der Waals surface area (Å²) in [4.78, 5) is 29.0. The van der Waals surface area contributed by atoms with Crippen LogP contribution < -0.4 is 11.0 Å². The fraction of sp³-hybridized carbons (Fsp3) is 0.222. The quantitative estimate of drug-likeness (QED) is 0.601. The van der Waals surface area contributed by atoms with Crippen LogP contribution in [0.4, 0.5) is 5.69 Å². The number of nitrogens with zero attached hydrogens (tertiary/aromatic N) is 4. The Balaban J connectivity index is 1.57. The first-order valence-corrected chi connectivity index (χ1v) is 9.12. The van der Waals surface area contributed by atoms with Gasteiger partial charge in [0.2, 0.25) is 5.91 Å². The maximum absolute atomic E-state index is 12.4. The van der Waals surface area contributed by atoms with E-state index in [1.165, 1.54) is 27.6 Å². The molecular weight excluding hydrogens is 350 g/mol. The number of aromatic nitrogens is 4. The zero-order chi connectivity index (χ0) is 18.3. The van der Waals surface area contributed by atoms with Gasteiger partial charge >= 0.3 is 5.69 Å². The molecule has 4 rings (SSSR count). The average Bonchev–Trinajstić information content (AvgIpc) is 3.20. The minimum atomic E-state index is -0.381. The molecule has 0 aliphatic carbocycles. The lowest BCUT2D eigenvalue weighted by Crippen LogP contribution is -2.28. The van der Waals surface area contributed by atoms with Gasteiger partial charge in [-0.3, -0.25) is 4.79 Å². The van der Waals surface area contributed by atoms with E-state index in [0.29, 0.717) is 17.3 Å². The van der Waals surface area contributed by atoms with Crippen molar-refractivity contribution in [2.24, 2.45) is 0 Å². The highest BCUT2D eigenvalue weighted by molar-refractivity contribution is 7.17. The van der Waals surface area contributed by atoms with Gasteiger partial charge in [0.15, 0.2) is 5.65 Å². The molecule has 3 heterocycles. The number of carbonyl (C=O) groups is 1. The zero-order valence-corrected chi connectivity index (χ0v) is 15.2. The van der Waals surface area contributed by atoms with E-state index in [9.17, 15) is 9.59 Å². The predicted molar refractivity (Wildman–Crippen MR) is 102 cm³/mol. The molecule has 8 heteroatoms. The van der Waals surface area contributed by atoms with Gasteiger partial charge in [0, 0.05) is 5.69 Å². The van der Waals surface area contributed by atoms with E-state index in [1.807, 2.05) is 35.7 Å². The SMILES string of the molecule is CC(C)c1ccc(NC(=O)Cn2nc3c4sccc4ncn3c2=O)cc1. The van der Waals surface area contributed by atoms with Crippen molar-refractivity contribution in [2.75, 3.05) is 5.32 Å². The third-order valence-corrected chi connectivity index (χ3v) is 5.08. The molecule has 4 aromatic rings. The normalized spacial score (nSPS) is 11.5. The summed E-state index contributed by atoms with van der Waals surface area (Å²) in [6, 6.07) is 9.56. The van der Waals surface area contributed by atoms with Crippen molar-refractivity contribution in [3.05, 3.63) is 58.1 Å². The lowest BCUT2D eigenvalue weighted by Gasteiger charge is -2.08. The van der Waals surface area contributed by atoms with Crippen molar-refractivity contribution in [1.29, 1.82) is 0 Å². The summed E-state index contributed by atoms with van der Waals surface area (Å²) in [5.41, 5.74) is 2.82. The molecule has 1 N–H and O–H groups in total. The van der Waals surface area contributed by atoms with Crippen molar-refractivity contribution in [3.8, 4) is 0 Å². The van der Waals surface area contributed by atoms with Crippen LogP contribution in [0.2, 0.25) is 0 Å². The molecule has 3 aromatic heterocycles. The van der Waals surface area contributed by atoms with Gasteiger partial charge in [-0.15, -0.1) is 16.4 Å². The average molecular weight is 367 g/mol. The summed E-state index contributed by atoms with van der Waals surface area (Å²) in [5, 5.41) is 9.01. The van der Waals surface area contributed by atoms with Crippen LogP contribution in [0.1, 0.15) is 25.3 Å². The van der Waals surface area contributed by atoms with E-state index >= 15 is 0 Å². The molecule has 1 aromatic carbocycles. The molecule has 0 saturated heterocycles. The third kappa shape index (κ3) is 2.88. The molecule has 0 aliphatic rings. The highest BCUT2D eigenvalue weighted by Crippen LogP contribution is 2.21. The van der Waals surface area contributed by atoms with Crippen molar-refractivity contribution in [1.82, 2.24) is 19.2 Å². The predicted octanol–water partition coefficient (Wildman–Crippen LogP) is 2.87. The number of fused-ring (bicyclic) bond motifs is 3. The Hall–Kier alpha value is -3.00. The first kappa shape index (κ1) is 16.5. The van der Waals surface area contributed by atoms with Crippen LogP contribution in [-0.2, 0) is 11.3 Å². The number of anilines is 1. The van der Waals surface area contributed by atoms with Gasteiger partial charge in [-0.1, -0.05) is 26.0 Å². The Bertz CT molecular complexity index is 1150. The van der Waals surface area contributed by atoms with Crippen LogP contribution in [-0.4, -0.2) is 25.1 Å². The Kier molecular flexibility index (Phi) is 4.04. The second-order valence-corrected chi connectivity index (χ2v) is 7.25. The van der Waals surface area contributed by atoms with E-state index in [-0.39, 0.29) is 18.1 Å². The van der Waals surface area contributed by atoms with Crippen molar-refractivity contribution in [2.45, 2.75) is 26.3 Å². The molecule has 0 aliphatic heterocycles. The van der Waals surface area contributed by atoms with Crippen LogP contribution in [0.25, 0.3) is 15.9 Å². The van der Waals surface area contributed by atoms with Gasteiger partial charge in [0.25, 0.3) is 0 Å². The Labute approximate surface area is 152 Å². The molecule has 0 fully saturated rings. The van der Waals surface area contributed by atoms with E-state index in [1.54, 1.807) is 0 Å². The van der Waals surface area contributed by atoms with Crippen LogP contribution in [0.5, 0.6) is 0 Å². The lowest BCUT2D eigenvalue weighted by molar-refractivity contribution is -0.117. The summed E-state index contributed by atoms with van der Waals surface area (Å²) < 4.78 is 3.35. The summed E-state index contributed by atoms with van der Waals surface area (Å²) >= 11 is 1.47. The Morgan fingerprint density at radius 1 is 1.23 bits per heavy atom. The fourth-order valence-corrected chi connectivity index (χ4v) is 3.58. The van der Waals surface area contributed by atoms with Crippen molar-refractivity contribution >= 4 is 38.8 Å². The summed E-state index contributed by atoms with van der Waals surface area (Å²) in [6.45, 7) is 4.07. The lowest BCUT2D eigenvalue weighted by atomic mass is 10.0. The second-order valence-electron chi connectivity index (χ2n) is 6.34. The summed E-state index contributed by atoms with van der Waals surface area (Å²) in [5.74, 6) is 0.127. The van der Waals surface area contributed by atoms with Gasteiger partial charge in [-0.25, -0.2) is 18.9 Å². The molecule has 1 amide bonds.